The molecule has 20 heteroatoms. The van der Waals surface area contributed by atoms with Crippen LogP contribution in [0.15, 0.2) is 110 Å². The van der Waals surface area contributed by atoms with Gasteiger partial charge in [-0.2, -0.15) is 26.3 Å². The maximum absolute atomic E-state index is 12.8. The highest BCUT2D eigenvalue weighted by molar-refractivity contribution is 6.62. The number of nitrogen functional groups attached to an aromatic ring is 2. The van der Waals surface area contributed by atoms with Crippen LogP contribution in [0.25, 0.3) is 11.3 Å². The van der Waals surface area contributed by atoms with Crippen molar-refractivity contribution in [2.75, 3.05) is 25.7 Å². The lowest BCUT2D eigenvalue weighted by molar-refractivity contribution is -0.138. The fraction of sp³-hybridized carbons (Fsp3) is 0.261. The van der Waals surface area contributed by atoms with E-state index in [1.165, 1.54) is 57.2 Å². The van der Waals surface area contributed by atoms with Gasteiger partial charge >= 0.3 is 31.4 Å². The number of nitrogens with two attached hydrogens (primary N) is 2. The van der Waals surface area contributed by atoms with E-state index in [1.54, 1.807) is 42.5 Å². The molecule has 2 aromatic heterocycles. The van der Waals surface area contributed by atoms with Crippen LogP contribution < -0.4 is 16.9 Å². The predicted octanol–water partition coefficient (Wildman–Crippen LogP) is 9.22. The van der Waals surface area contributed by atoms with Crippen molar-refractivity contribution in [3.05, 3.63) is 159 Å². The summed E-state index contributed by atoms with van der Waals surface area (Å²) in [7, 11) is 1.86. The smallest absolute Gasteiger partial charge is 0.465 e. The number of carbonyl (C=O) groups is 2. The van der Waals surface area contributed by atoms with Gasteiger partial charge in [0, 0.05) is 17.7 Å². The Morgan fingerprint density at radius 2 is 1.06 bits per heavy atom. The maximum Gasteiger partial charge on any atom is 0.495 e. The molecule has 1 saturated heterocycles. The largest absolute Gasteiger partial charge is 0.495 e. The Bertz CT molecular complexity index is 2620. The molecule has 1 fully saturated rings. The minimum atomic E-state index is -4.38. The van der Waals surface area contributed by atoms with E-state index in [0.717, 1.165) is 35.4 Å². The Hall–Kier alpha value is -6.57. The molecule has 0 amide bonds. The molecule has 4 N–H and O–H groups in total. The van der Waals surface area contributed by atoms with Crippen molar-refractivity contribution in [1.29, 1.82) is 0 Å². The third-order valence-corrected chi connectivity index (χ3v) is 10.8. The van der Waals surface area contributed by atoms with Crippen molar-refractivity contribution in [1.82, 2.24) is 19.9 Å². The van der Waals surface area contributed by atoms with Gasteiger partial charge in [0.2, 0.25) is 0 Å². The van der Waals surface area contributed by atoms with Crippen LogP contribution in [0.2, 0.25) is 5.15 Å². The lowest BCUT2D eigenvalue weighted by Crippen LogP contribution is -2.41. The van der Waals surface area contributed by atoms with Gasteiger partial charge < -0.3 is 30.2 Å². The molecule has 346 valence electrons. The highest BCUT2D eigenvalue weighted by Crippen LogP contribution is 2.37. The standard InChI is InChI=1S/C22H24BF3O4.C20H16F3N3O2.C4H4ClN3/c1-20(2)21(3,4)30-23(29-20)18-13-16(19(27)28-5)9-8-15(18)12-14-6-10-17(11-7-14)22(24,25)26;1-28-19(27)14-5-4-13(16(9-14)17-10-18(24)26-11-25-17)8-12-2-6-15(7-3-12)20(21,22)23;5-3-1-4(6)8-2-7-3/h6-11,13H,12H2,1-5H3;2-7,9-11H,8H2,1H3,(H2,24,25,26);1-2H,(H2,6,7,8). The van der Waals surface area contributed by atoms with Gasteiger partial charge in [-0.05, 0) is 117 Å². The number of hydrogen-bond acceptors (Lipinski definition) is 12. The molecular formula is C46H44BClF6N6O6. The molecule has 0 spiro atoms. The van der Waals surface area contributed by atoms with Crippen molar-refractivity contribution in [2.45, 2.75) is 64.1 Å². The highest BCUT2D eigenvalue weighted by atomic mass is 35.5. The number of benzene rings is 4. The number of nitrogens with zero attached hydrogens (tertiary/aromatic N) is 4. The second-order valence-corrected chi connectivity index (χ2v) is 16.1. The minimum absolute atomic E-state index is 0.258. The van der Waals surface area contributed by atoms with E-state index >= 15 is 0 Å². The zero-order valence-electron chi connectivity index (χ0n) is 36.4. The molecule has 1 aliphatic heterocycles. The van der Waals surface area contributed by atoms with Crippen molar-refractivity contribution >= 4 is 47.8 Å². The Labute approximate surface area is 381 Å². The molecule has 3 heterocycles. The molecule has 6 aromatic rings. The Kier molecular flexibility index (Phi) is 15.8. The first-order valence-electron chi connectivity index (χ1n) is 19.8. The monoisotopic (exact) mass is 936 g/mol. The van der Waals surface area contributed by atoms with Crippen molar-refractivity contribution < 1.29 is 54.7 Å². The van der Waals surface area contributed by atoms with E-state index in [2.05, 4.69) is 19.9 Å². The first-order valence-corrected chi connectivity index (χ1v) is 20.2. The lowest BCUT2D eigenvalue weighted by atomic mass is 9.74. The fourth-order valence-electron chi connectivity index (χ4n) is 6.33. The number of rotatable bonds is 8. The molecule has 1 aliphatic rings. The van der Waals surface area contributed by atoms with Gasteiger partial charge in [0.05, 0.1) is 53.4 Å². The quantitative estimate of drug-likeness (QED) is 0.0642. The molecule has 7 rings (SSSR count). The molecule has 0 radical (unpaired) electrons. The molecule has 0 saturated carbocycles. The van der Waals surface area contributed by atoms with Crippen LogP contribution in [0.3, 0.4) is 0 Å². The number of aromatic nitrogens is 4. The molecule has 0 unspecified atom stereocenters. The zero-order valence-corrected chi connectivity index (χ0v) is 37.2. The average molecular weight is 937 g/mol. The van der Waals surface area contributed by atoms with Crippen molar-refractivity contribution in [3.63, 3.8) is 0 Å². The number of esters is 2. The number of alkyl halides is 6. The Balaban J connectivity index is 0.000000212. The number of hydrogen-bond donors (Lipinski definition) is 2. The van der Waals surface area contributed by atoms with Gasteiger partial charge in [-0.3, -0.25) is 0 Å². The van der Waals surface area contributed by atoms with Crippen LogP contribution in [0, 0.1) is 0 Å². The van der Waals surface area contributed by atoms with Gasteiger partial charge in [-0.1, -0.05) is 48.0 Å². The third kappa shape index (κ3) is 13.0. The molecular weight excluding hydrogens is 893 g/mol. The Morgan fingerprint density at radius 3 is 1.48 bits per heavy atom. The van der Waals surface area contributed by atoms with E-state index < -0.39 is 53.7 Å². The van der Waals surface area contributed by atoms with Gasteiger partial charge in [0.1, 0.15) is 29.4 Å². The van der Waals surface area contributed by atoms with E-state index in [-0.39, 0.29) is 5.82 Å². The normalized spacial score (nSPS) is 14.0. The van der Waals surface area contributed by atoms with Crippen molar-refractivity contribution in [3.8, 4) is 11.3 Å². The summed E-state index contributed by atoms with van der Waals surface area (Å²) < 4.78 is 98.6. The maximum atomic E-state index is 12.8. The number of anilines is 2. The Morgan fingerprint density at radius 1 is 0.621 bits per heavy atom. The average Bonchev–Trinajstić information content (AvgIpc) is 3.48. The lowest BCUT2D eigenvalue weighted by Gasteiger charge is -2.32. The topological polar surface area (TPSA) is 175 Å². The van der Waals surface area contributed by atoms with Crippen LogP contribution in [-0.2, 0) is 44.0 Å². The fourth-order valence-corrected chi connectivity index (χ4v) is 6.49. The van der Waals surface area contributed by atoms with Gasteiger partial charge in [-0.15, -0.1) is 0 Å². The molecule has 0 aliphatic carbocycles. The summed E-state index contributed by atoms with van der Waals surface area (Å²) >= 11 is 5.41. The molecule has 0 bridgehead atoms. The minimum Gasteiger partial charge on any atom is -0.465 e. The second-order valence-electron chi connectivity index (χ2n) is 15.7. The van der Waals surface area contributed by atoms with E-state index in [9.17, 15) is 35.9 Å². The summed E-state index contributed by atoms with van der Waals surface area (Å²) in [5.74, 6) is -0.350. The van der Waals surface area contributed by atoms with Crippen molar-refractivity contribution in [2.24, 2.45) is 0 Å². The van der Waals surface area contributed by atoms with Gasteiger partial charge in [0.25, 0.3) is 0 Å². The number of halogens is 7. The van der Waals surface area contributed by atoms with Crippen LogP contribution >= 0.6 is 11.6 Å². The number of carbonyl (C=O) groups excluding carboxylic acids is 2. The first-order chi connectivity index (χ1) is 30.9. The van der Waals surface area contributed by atoms with Crippen LogP contribution in [0.1, 0.15) is 81.8 Å². The van der Waals surface area contributed by atoms with Gasteiger partial charge in [-0.25, -0.2) is 29.5 Å². The highest BCUT2D eigenvalue weighted by Gasteiger charge is 2.52. The third-order valence-electron chi connectivity index (χ3n) is 10.6. The molecule has 4 aromatic carbocycles. The predicted molar refractivity (Wildman–Crippen MR) is 237 cm³/mol. The SMILES string of the molecule is COC(=O)c1ccc(Cc2ccc(C(F)(F)F)cc2)c(-c2cc(N)ncn2)c1.COC(=O)c1ccc(Cc2ccc(C(F)(F)F)cc2)c(B2OC(C)(C)C(C)(C)O2)c1.Nc1cc(Cl)ncn1. The summed E-state index contributed by atoms with van der Waals surface area (Å²) in [6.07, 6.45) is -5.44. The van der Waals surface area contributed by atoms with Crippen LogP contribution in [0.5, 0.6) is 0 Å². The molecule has 12 nitrogen and oxygen atoms in total. The van der Waals surface area contributed by atoms with Crippen LogP contribution in [-0.4, -0.2) is 64.4 Å². The number of ether oxygens (including phenoxy) is 2. The summed E-state index contributed by atoms with van der Waals surface area (Å²) in [5.41, 5.74) is 13.8. The number of methoxy groups -OCH3 is 2. The summed E-state index contributed by atoms with van der Waals surface area (Å²) in [6, 6.07) is 23.0. The first kappa shape index (κ1) is 50.4. The summed E-state index contributed by atoms with van der Waals surface area (Å²) in [4.78, 5) is 39.2. The molecule has 0 atom stereocenters. The van der Waals surface area contributed by atoms with Gasteiger partial charge in [0.15, 0.2) is 0 Å². The zero-order chi connectivity index (χ0) is 48.6. The molecule has 66 heavy (non-hydrogen) atoms. The van der Waals surface area contributed by atoms with Crippen LogP contribution in [0.4, 0.5) is 38.0 Å². The second kappa shape index (κ2) is 20.7. The van der Waals surface area contributed by atoms with E-state index in [4.69, 9.17) is 41.9 Å². The van der Waals surface area contributed by atoms with E-state index in [0.29, 0.717) is 62.8 Å². The summed E-state index contributed by atoms with van der Waals surface area (Å²) in [5, 5.41) is 0.373. The van der Waals surface area contributed by atoms with E-state index in [1.807, 2.05) is 27.7 Å². The summed E-state index contributed by atoms with van der Waals surface area (Å²) in [6.45, 7) is 7.69.